The SMILES string of the molecule is CC1(C(=O)N(CCN)C2CC2)CCCO1. The van der Waals surface area contributed by atoms with E-state index in [9.17, 15) is 4.79 Å². The Bertz CT molecular complexity index is 245. The molecule has 15 heavy (non-hydrogen) atoms. The van der Waals surface area contributed by atoms with Gasteiger partial charge in [0, 0.05) is 25.7 Å². The van der Waals surface area contributed by atoms with Crippen molar-refractivity contribution in [3.63, 3.8) is 0 Å². The molecule has 1 saturated heterocycles. The van der Waals surface area contributed by atoms with Crippen LogP contribution in [0.4, 0.5) is 0 Å². The third-order valence-electron chi connectivity index (χ3n) is 3.29. The number of ether oxygens (including phenoxy) is 1. The van der Waals surface area contributed by atoms with Crippen molar-refractivity contribution in [2.75, 3.05) is 19.7 Å². The summed E-state index contributed by atoms with van der Waals surface area (Å²) in [5, 5.41) is 0. The topological polar surface area (TPSA) is 55.6 Å². The highest BCUT2D eigenvalue weighted by atomic mass is 16.5. The van der Waals surface area contributed by atoms with Crippen LogP contribution in [0.25, 0.3) is 0 Å². The fourth-order valence-electron chi connectivity index (χ4n) is 2.23. The molecular formula is C11H20N2O2. The van der Waals surface area contributed by atoms with Crippen LogP contribution in [0.3, 0.4) is 0 Å². The molecule has 0 radical (unpaired) electrons. The molecule has 0 spiro atoms. The van der Waals surface area contributed by atoms with Crippen LogP contribution < -0.4 is 5.73 Å². The van der Waals surface area contributed by atoms with Gasteiger partial charge in [0.2, 0.25) is 0 Å². The van der Waals surface area contributed by atoms with E-state index in [0.29, 0.717) is 25.7 Å². The molecule has 4 nitrogen and oxygen atoms in total. The van der Waals surface area contributed by atoms with Gasteiger partial charge in [-0.25, -0.2) is 0 Å². The average molecular weight is 212 g/mol. The first-order valence-electron chi connectivity index (χ1n) is 5.82. The third kappa shape index (κ3) is 2.16. The Morgan fingerprint density at radius 2 is 2.33 bits per heavy atom. The maximum Gasteiger partial charge on any atom is 0.254 e. The lowest BCUT2D eigenvalue weighted by molar-refractivity contribution is -0.151. The lowest BCUT2D eigenvalue weighted by Gasteiger charge is -2.31. The predicted molar refractivity (Wildman–Crippen MR) is 57.4 cm³/mol. The van der Waals surface area contributed by atoms with Crippen molar-refractivity contribution >= 4 is 5.91 Å². The molecule has 0 bridgehead atoms. The van der Waals surface area contributed by atoms with Gasteiger partial charge in [0.1, 0.15) is 5.60 Å². The van der Waals surface area contributed by atoms with E-state index in [1.807, 2.05) is 11.8 Å². The molecule has 1 heterocycles. The fourth-order valence-corrected chi connectivity index (χ4v) is 2.23. The van der Waals surface area contributed by atoms with Gasteiger partial charge in [-0.1, -0.05) is 0 Å². The maximum absolute atomic E-state index is 12.3. The second-order valence-electron chi connectivity index (χ2n) is 4.70. The molecular weight excluding hydrogens is 192 g/mol. The van der Waals surface area contributed by atoms with E-state index in [1.165, 1.54) is 0 Å². The summed E-state index contributed by atoms with van der Waals surface area (Å²) >= 11 is 0. The standard InChI is InChI=1S/C11H20N2O2/c1-11(5-2-8-15-11)10(14)13(7-6-12)9-3-4-9/h9H,2-8,12H2,1H3. The molecule has 0 aromatic carbocycles. The third-order valence-corrected chi connectivity index (χ3v) is 3.29. The molecule has 4 heteroatoms. The first-order chi connectivity index (χ1) is 7.17. The van der Waals surface area contributed by atoms with E-state index in [4.69, 9.17) is 10.5 Å². The zero-order chi connectivity index (χ0) is 10.9. The molecule has 2 N–H and O–H groups in total. The molecule has 1 amide bonds. The molecule has 2 rings (SSSR count). The molecule has 1 unspecified atom stereocenters. The first-order valence-corrected chi connectivity index (χ1v) is 5.82. The number of nitrogens with two attached hydrogens (primary N) is 1. The summed E-state index contributed by atoms with van der Waals surface area (Å²) < 4.78 is 5.58. The van der Waals surface area contributed by atoms with Gasteiger partial charge in [0.25, 0.3) is 5.91 Å². The Labute approximate surface area is 90.8 Å². The van der Waals surface area contributed by atoms with Crippen molar-refractivity contribution in [1.82, 2.24) is 4.90 Å². The minimum absolute atomic E-state index is 0.146. The molecule has 0 aromatic rings. The number of hydrogen-bond donors (Lipinski definition) is 1. The first kappa shape index (κ1) is 10.9. The minimum atomic E-state index is -0.572. The Morgan fingerprint density at radius 3 is 2.80 bits per heavy atom. The Hall–Kier alpha value is -0.610. The molecule has 0 aromatic heterocycles. The van der Waals surface area contributed by atoms with Crippen molar-refractivity contribution in [2.24, 2.45) is 5.73 Å². The summed E-state index contributed by atoms with van der Waals surface area (Å²) in [6.07, 6.45) is 4.09. The van der Waals surface area contributed by atoms with Gasteiger partial charge in [-0.15, -0.1) is 0 Å². The van der Waals surface area contributed by atoms with Crippen LogP contribution in [0.2, 0.25) is 0 Å². The monoisotopic (exact) mass is 212 g/mol. The van der Waals surface area contributed by atoms with Crippen LogP contribution in [-0.2, 0) is 9.53 Å². The summed E-state index contributed by atoms with van der Waals surface area (Å²) in [6, 6.07) is 0.432. The maximum atomic E-state index is 12.3. The smallest absolute Gasteiger partial charge is 0.254 e. The second-order valence-corrected chi connectivity index (χ2v) is 4.70. The summed E-state index contributed by atoms with van der Waals surface area (Å²) in [7, 11) is 0. The quantitative estimate of drug-likeness (QED) is 0.738. The minimum Gasteiger partial charge on any atom is -0.365 e. The van der Waals surface area contributed by atoms with Crippen molar-refractivity contribution in [3.8, 4) is 0 Å². The normalized spacial score (nSPS) is 30.5. The summed E-state index contributed by atoms with van der Waals surface area (Å²) in [6.45, 7) is 3.83. The van der Waals surface area contributed by atoms with Gasteiger partial charge in [0.05, 0.1) is 0 Å². The number of nitrogens with zero attached hydrogens (tertiary/aromatic N) is 1. The van der Waals surface area contributed by atoms with Gasteiger partial charge < -0.3 is 15.4 Å². The average Bonchev–Trinajstić information content (AvgIpc) is 2.97. The Balaban J connectivity index is 2.02. The molecule has 1 saturated carbocycles. The number of rotatable bonds is 4. The van der Waals surface area contributed by atoms with Crippen LogP contribution in [0.1, 0.15) is 32.6 Å². The van der Waals surface area contributed by atoms with E-state index in [0.717, 1.165) is 25.7 Å². The van der Waals surface area contributed by atoms with E-state index in [-0.39, 0.29) is 5.91 Å². The zero-order valence-electron chi connectivity index (χ0n) is 9.37. The van der Waals surface area contributed by atoms with Crippen LogP contribution >= 0.6 is 0 Å². The number of amides is 1. The zero-order valence-corrected chi connectivity index (χ0v) is 9.37. The van der Waals surface area contributed by atoms with Crippen LogP contribution in [0, 0.1) is 0 Å². The van der Waals surface area contributed by atoms with Gasteiger partial charge in [-0.2, -0.15) is 0 Å². The van der Waals surface area contributed by atoms with Gasteiger partial charge in [-0.3, -0.25) is 4.79 Å². The van der Waals surface area contributed by atoms with E-state index < -0.39 is 5.60 Å². The summed E-state index contributed by atoms with van der Waals surface area (Å²) in [5.74, 6) is 0.146. The summed E-state index contributed by atoms with van der Waals surface area (Å²) in [5.41, 5.74) is 4.97. The van der Waals surface area contributed by atoms with Crippen LogP contribution in [0.15, 0.2) is 0 Å². The number of hydrogen-bond acceptors (Lipinski definition) is 3. The summed E-state index contributed by atoms with van der Waals surface area (Å²) in [4.78, 5) is 14.2. The van der Waals surface area contributed by atoms with E-state index >= 15 is 0 Å². The van der Waals surface area contributed by atoms with Crippen LogP contribution in [-0.4, -0.2) is 42.1 Å². The molecule has 1 aliphatic heterocycles. The largest absolute Gasteiger partial charge is 0.365 e. The molecule has 2 aliphatic rings. The fraction of sp³-hybridized carbons (Fsp3) is 0.909. The second kappa shape index (κ2) is 4.10. The highest BCUT2D eigenvalue weighted by molar-refractivity contribution is 5.85. The van der Waals surface area contributed by atoms with Gasteiger partial charge in [-0.05, 0) is 32.6 Å². The Morgan fingerprint density at radius 1 is 1.60 bits per heavy atom. The Kier molecular flexibility index (Phi) is 2.98. The molecule has 1 atom stereocenters. The van der Waals surface area contributed by atoms with Crippen molar-refractivity contribution < 1.29 is 9.53 Å². The predicted octanol–water partition coefficient (Wildman–Crippen LogP) is 0.505. The molecule has 1 aliphatic carbocycles. The van der Waals surface area contributed by atoms with E-state index in [1.54, 1.807) is 0 Å². The van der Waals surface area contributed by atoms with Crippen molar-refractivity contribution in [2.45, 2.75) is 44.2 Å². The number of carbonyl (C=O) groups is 1. The molecule has 86 valence electrons. The van der Waals surface area contributed by atoms with Crippen LogP contribution in [0.5, 0.6) is 0 Å². The molecule has 2 fully saturated rings. The van der Waals surface area contributed by atoms with Crippen molar-refractivity contribution in [1.29, 1.82) is 0 Å². The highest BCUT2D eigenvalue weighted by Gasteiger charge is 2.44. The lowest BCUT2D eigenvalue weighted by Crippen LogP contribution is -2.49. The lowest BCUT2D eigenvalue weighted by atomic mass is 10.0. The van der Waals surface area contributed by atoms with Gasteiger partial charge in [0.15, 0.2) is 0 Å². The highest BCUT2D eigenvalue weighted by Crippen LogP contribution is 2.33. The van der Waals surface area contributed by atoms with Gasteiger partial charge >= 0.3 is 0 Å². The van der Waals surface area contributed by atoms with Crippen molar-refractivity contribution in [3.05, 3.63) is 0 Å². The van der Waals surface area contributed by atoms with E-state index in [2.05, 4.69) is 0 Å². The number of carbonyl (C=O) groups excluding carboxylic acids is 1.